The Bertz CT molecular complexity index is 90.8. The van der Waals surface area contributed by atoms with Crippen LogP contribution in [0.2, 0.25) is 0 Å². The number of unbranched alkanes of at least 4 members (excludes halogenated alkanes) is 3. The van der Waals surface area contributed by atoms with Gasteiger partial charge in [-0.25, -0.2) is 0 Å². The predicted molar refractivity (Wildman–Crippen MR) is 75.2 cm³/mol. The first-order chi connectivity index (χ1) is 7.35. The molecule has 92 valence electrons. The van der Waals surface area contributed by atoms with Crippen molar-refractivity contribution in [3.63, 3.8) is 0 Å². The van der Waals surface area contributed by atoms with Crippen molar-refractivity contribution in [1.82, 2.24) is 0 Å². The molecule has 3 heteroatoms. The van der Waals surface area contributed by atoms with Gasteiger partial charge in [0.05, 0.1) is 0 Å². The van der Waals surface area contributed by atoms with Gasteiger partial charge >= 0.3 is 0 Å². The summed E-state index contributed by atoms with van der Waals surface area (Å²) in [6, 6.07) is 0. The molecule has 0 N–H and O–H groups in total. The minimum Gasteiger partial charge on any atom is -0.279 e. The van der Waals surface area contributed by atoms with E-state index < -0.39 is 0 Å². The van der Waals surface area contributed by atoms with Crippen molar-refractivity contribution >= 4 is 17.0 Å². The highest BCUT2D eigenvalue weighted by molar-refractivity contribution is 7.57. The van der Waals surface area contributed by atoms with Gasteiger partial charge in [0, 0.05) is 0 Å². The molecule has 0 unspecified atom stereocenters. The maximum Gasteiger partial charge on any atom is 0.138 e. The lowest BCUT2D eigenvalue weighted by atomic mass is 10.4. The molecular weight excluding hydrogens is 222 g/mol. The molecular formula is C12H28OP2. The van der Waals surface area contributed by atoms with Crippen molar-refractivity contribution in [1.29, 1.82) is 0 Å². The van der Waals surface area contributed by atoms with E-state index in [-0.39, 0.29) is 0 Å². The van der Waals surface area contributed by atoms with E-state index in [0.717, 1.165) is 0 Å². The van der Waals surface area contributed by atoms with Crippen LogP contribution in [0.4, 0.5) is 0 Å². The van der Waals surface area contributed by atoms with Crippen LogP contribution in [0.5, 0.6) is 0 Å². The molecule has 0 rings (SSSR count). The quantitative estimate of drug-likeness (QED) is 0.504. The Morgan fingerprint density at radius 3 is 1.20 bits per heavy atom. The summed E-state index contributed by atoms with van der Waals surface area (Å²) in [4.78, 5) is 0. The minimum atomic E-state index is 0.422. The van der Waals surface area contributed by atoms with Crippen LogP contribution < -0.4 is 0 Å². The zero-order chi connectivity index (χ0) is 11.9. The van der Waals surface area contributed by atoms with Crippen molar-refractivity contribution in [3.8, 4) is 0 Å². The number of hydrogen-bond acceptors (Lipinski definition) is 1. The molecule has 0 aliphatic heterocycles. The van der Waals surface area contributed by atoms with Crippen molar-refractivity contribution in [3.05, 3.63) is 0 Å². The summed E-state index contributed by atoms with van der Waals surface area (Å²) in [6.45, 7) is 6.94. The second kappa shape index (κ2) is 16.9. The Hall–Kier alpha value is 0.530. The molecule has 0 aromatic heterocycles. The summed E-state index contributed by atoms with van der Waals surface area (Å²) in [5.41, 5.74) is 0. The molecule has 0 bridgehead atoms. The molecule has 0 aliphatic rings. The zero-order valence-corrected chi connectivity index (χ0v) is 12.6. The van der Waals surface area contributed by atoms with Crippen LogP contribution in [0, 0.1) is 0 Å². The lowest BCUT2D eigenvalue weighted by molar-refractivity contribution is 0.607. The highest BCUT2D eigenvalue weighted by atomic mass is 31.1. The Morgan fingerprint density at radius 1 is 0.733 bits per heavy atom. The molecule has 0 saturated carbocycles. The molecule has 0 spiro atoms. The van der Waals surface area contributed by atoms with E-state index in [1.807, 2.05) is 0 Å². The Labute approximate surface area is 99.8 Å². The fourth-order valence-electron chi connectivity index (χ4n) is 1.48. The smallest absolute Gasteiger partial charge is 0.138 e. The third-order valence-electron chi connectivity index (χ3n) is 2.48. The van der Waals surface area contributed by atoms with E-state index in [0.29, 0.717) is 7.92 Å². The minimum absolute atomic E-state index is 0.422. The van der Waals surface area contributed by atoms with Crippen LogP contribution in [0.15, 0.2) is 0 Å². The second-order valence-electron chi connectivity index (χ2n) is 3.90. The lowest BCUT2D eigenvalue weighted by Gasteiger charge is -2.16. The number of rotatable bonds is 9. The first kappa shape index (κ1) is 17.9. The largest absolute Gasteiger partial charge is 0.279 e. The normalized spacial score (nSPS) is 9.87. The average Bonchev–Trinajstić information content (AvgIpc) is 2.31. The van der Waals surface area contributed by atoms with Gasteiger partial charge in [-0.3, -0.25) is 4.57 Å². The van der Waals surface area contributed by atoms with Crippen molar-refractivity contribution in [2.45, 2.75) is 59.3 Å². The van der Waals surface area contributed by atoms with Crippen molar-refractivity contribution in [2.75, 3.05) is 18.5 Å². The summed E-state index contributed by atoms with van der Waals surface area (Å²) in [5, 5.41) is 0. The van der Waals surface area contributed by atoms with E-state index in [1.165, 1.54) is 38.5 Å². The molecule has 0 atom stereocenters. The summed E-state index contributed by atoms with van der Waals surface area (Å²) >= 11 is 0. The topological polar surface area (TPSA) is 17.1 Å². The van der Waals surface area contributed by atoms with E-state index >= 15 is 0 Å². The molecule has 1 nitrogen and oxygen atoms in total. The van der Waals surface area contributed by atoms with Gasteiger partial charge in [0.15, 0.2) is 0 Å². The zero-order valence-electron chi connectivity index (χ0n) is 10.7. The molecule has 0 radical (unpaired) electrons. The van der Waals surface area contributed by atoms with Gasteiger partial charge in [0.1, 0.15) is 9.12 Å². The first-order valence-electron chi connectivity index (χ1n) is 6.27. The van der Waals surface area contributed by atoms with E-state index in [1.54, 1.807) is 27.6 Å². The molecule has 0 fully saturated rings. The lowest BCUT2D eigenvalue weighted by Crippen LogP contribution is -1.95. The van der Waals surface area contributed by atoms with Crippen LogP contribution in [0.1, 0.15) is 59.3 Å². The molecule has 0 aromatic carbocycles. The Kier molecular flexibility index (Phi) is 20.2. The highest BCUT2D eigenvalue weighted by Gasteiger charge is 2.05. The summed E-state index contributed by atoms with van der Waals surface area (Å²) < 4.78 is 8.06. The van der Waals surface area contributed by atoms with Gasteiger partial charge < -0.3 is 0 Å². The molecule has 0 saturated heterocycles. The maximum absolute atomic E-state index is 8.06. The maximum atomic E-state index is 8.06. The fourth-order valence-corrected chi connectivity index (χ4v) is 4.44. The van der Waals surface area contributed by atoms with Gasteiger partial charge in [-0.15, -0.1) is 7.92 Å². The molecule has 0 amide bonds. The second-order valence-corrected chi connectivity index (χ2v) is 6.59. The number of hydrogen-bond donors (Lipinski definition) is 0. The molecule has 0 heterocycles. The van der Waals surface area contributed by atoms with Gasteiger partial charge in [-0.05, 0) is 37.7 Å². The van der Waals surface area contributed by atoms with E-state index in [2.05, 4.69) is 20.8 Å². The first-order valence-corrected chi connectivity index (χ1v) is 8.58. The summed E-state index contributed by atoms with van der Waals surface area (Å²) in [5.74, 6) is 0. The van der Waals surface area contributed by atoms with Gasteiger partial charge in [0.25, 0.3) is 0 Å². The third kappa shape index (κ3) is 14.5. The predicted octanol–water partition coefficient (Wildman–Crippen LogP) is 5.34. The monoisotopic (exact) mass is 250 g/mol. The van der Waals surface area contributed by atoms with Crippen LogP contribution in [-0.4, -0.2) is 18.5 Å². The molecule has 0 aliphatic carbocycles. The van der Waals surface area contributed by atoms with Crippen molar-refractivity contribution in [2.24, 2.45) is 0 Å². The van der Waals surface area contributed by atoms with Gasteiger partial charge in [-0.1, -0.05) is 40.0 Å². The fraction of sp³-hybridized carbons (Fsp3) is 1.00. The van der Waals surface area contributed by atoms with E-state index in [9.17, 15) is 0 Å². The Morgan fingerprint density at radius 2 is 1.00 bits per heavy atom. The standard InChI is InChI=1S/C12H27P.HOP/c1-4-7-10-13(11-8-5-2)12-9-6-3;1-2/h4-12H2,1-3H3;2H. The van der Waals surface area contributed by atoms with Crippen LogP contribution in [0.25, 0.3) is 0 Å². The van der Waals surface area contributed by atoms with Crippen molar-refractivity contribution < 1.29 is 4.57 Å². The molecule has 0 aromatic rings. The van der Waals surface area contributed by atoms with Gasteiger partial charge in [0.2, 0.25) is 0 Å². The van der Waals surface area contributed by atoms with Crippen LogP contribution in [0.3, 0.4) is 0 Å². The third-order valence-corrected chi connectivity index (χ3v) is 5.33. The molecule has 15 heavy (non-hydrogen) atoms. The summed E-state index contributed by atoms with van der Waals surface area (Å²) in [7, 11) is 2.14. The SMILES string of the molecule is CCCCP(CCCC)CCCC.O=P. The Balaban J connectivity index is 0. The van der Waals surface area contributed by atoms with Gasteiger partial charge in [-0.2, -0.15) is 0 Å². The summed E-state index contributed by atoms with van der Waals surface area (Å²) in [6.07, 6.45) is 13.2. The van der Waals surface area contributed by atoms with Crippen LogP contribution in [-0.2, 0) is 4.57 Å². The van der Waals surface area contributed by atoms with E-state index in [4.69, 9.17) is 4.57 Å². The average molecular weight is 250 g/mol. The highest BCUT2D eigenvalue weighted by Crippen LogP contribution is 2.38. The van der Waals surface area contributed by atoms with Crippen LogP contribution >= 0.6 is 17.0 Å².